The van der Waals surface area contributed by atoms with Crippen LogP contribution >= 0.6 is 0 Å². The number of anilines is 1. The highest BCUT2D eigenvalue weighted by atomic mass is 16.2. The maximum atomic E-state index is 12.0. The van der Waals surface area contributed by atoms with Crippen molar-refractivity contribution in [3.8, 4) is 0 Å². The number of nitrogens with zero attached hydrogens (tertiary/aromatic N) is 1. The number of hydrogen-bond acceptors (Lipinski definition) is 3. The van der Waals surface area contributed by atoms with Crippen LogP contribution in [0, 0.1) is 0 Å². The zero-order chi connectivity index (χ0) is 20.6. The van der Waals surface area contributed by atoms with Crippen molar-refractivity contribution in [2.45, 2.75) is 25.8 Å². The van der Waals surface area contributed by atoms with E-state index in [4.69, 9.17) is 0 Å². The van der Waals surface area contributed by atoms with Crippen LogP contribution in [0.3, 0.4) is 0 Å². The summed E-state index contributed by atoms with van der Waals surface area (Å²) in [6, 6.07) is 15.4. The molecule has 2 aromatic carbocycles. The Morgan fingerprint density at radius 2 is 1.97 bits per heavy atom. The molecule has 3 rings (SSSR count). The average molecular weight is 393 g/mol. The second-order valence-corrected chi connectivity index (χ2v) is 6.90. The molecule has 0 saturated heterocycles. The summed E-state index contributed by atoms with van der Waals surface area (Å²) in [5.41, 5.74) is 3.63. The summed E-state index contributed by atoms with van der Waals surface area (Å²) in [6.07, 6.45) is 0.440. The zero-order valence-electron chi connectivity index (χ0n) is 16.8. The number of nitrogens with one attached hydrogen (secondary N) is 4. The van der Waals surface area contributed by atoms with Gasteiger partial charge in [0.05, 0.1) is 0 Å². The number of carbonyl (C=O) groups excluding carboxylic acids is 2. The number of para-hydroxylation sites is 1. The summed E-state index contributed by atoms with van der Waals surface area (Å²) >= 11 is 0. The van der Waals surface area contributed by atoms with E-state index in [0.29, 0.717) is 37.6 Å². The highest BCUT2D eigenvalue weighted by molar-refractivity contribution is 5.95. The number of guanidine groups is 1. The van der Waals surface area contributed by atoms with Gasteiger partial charge in [0, 0.05) is 50.3 Å². The lowest BCUT2D eigenvalue weighted by Gasteiger charge is -2.26. The first-order chi connectivity index (χ1) is 14.1. The lowest BCUT2D eigenvalue weighted by Crippen LogP contribution is -2.40. The zero-order valence-corrected chi connectivity index (χ0v) is 16.8. The molecule has 2 amide bonds. The maximum absolute atomic E-state index is 12.0. The van der Waals surface area contributed by atoms with Crippen LogP contribution in [0.15, 0.2) is 53.5 Å². The molecule has 1 aliphatic heterocycles. The van der Waals surface area contributed by atoms with Gasteiger partial charge in [-0.25, -0.2) is 0 Å². The van der Waals surface area contributed by atoms with Gasteiger partial charge >= 0.3 is 0 Å². The first-order valence-electron chi connectivity index (χ1n) is 9.81. The monoisotopic (exact) mass is 393 g/mol. The van der Waals surface area contributed by atoms with Gasteiger partial charge in [0.2, 0.25) is 5.91 Å². The summed E-state index contributed by atoms with van der Waals surface area (Å²) in [6.45, 7) is 3.63. The van der Waals surface area contributed by atoms with Gasteiger partial charge in [-0.05, 0) is 36.2 Å². The van der Waals surface area contributed by atoms with Crippen LogP contribution < -0.4 is 21.3 Å². The number of carbonyl (C=O) groups is 2. The van der Waals surface area contributed by atoms with Gasteiger partial charge in [-0.3, -0.25) is 14.6 Å². The number of amides is 2. The molecule has 1 heterocycles. The van der Waals surface area contributed by atoms with E-state index in [-0.39, 0.29) is 17.7 Å². The lowest BCUT2D eigenvalue weighted by molar-refractivity contribution is -0.116. The average Bonchev–Trinajstić information content (AvgIpc) is 2.74. The summed E-state index contributed by atoms with van der Waals surface area (Å²) in [5.74, 6) is 0.683. The van der Waals surface area contributed by atoms with Crippen LogP contribution in [-0.2, 0) is 11.3 Å². The summed E-state index contributed by atoms with van der Waals surface area (Å²) in [5, 5.41) is 12.3. The molecular weight excluding hydrogens is 366 g/mol. The highest BCUT2D eigenvalue weighted by Gasteiger charge is 2.24. The quantitative estimate of drug-likeness (QED) is 0.447. The van der Waals surface area contributed by atoms with E-state index in [0.717, 1.165) is 16.8 Å². The van der Waals surface area contributed by atoms with E-state index in [9.17, 15) is 9.59 Å². The van der Waals surface area contributed by atoms with Crippen molar-refractivity contribution in [2.75, 3.05) is 25.5 Å². The molecule has 0 fully saturated rings. The van der Waals surface area contributed by atoms with Crippen LogP contribution in [0.2, 0.25) is 0 Å². The molecular formula is C22H27N5O2. The molecule has 0 spiro atoms. The topological polar surface area (TPSA) is 94.6 Å². The molecule has 0 aliphatic carbocycles. The largest absolute Gasteiger partial charge is 0.356 e. The van der Waals surface area contributed by atoms with Crippen LogP contribution in [0.1, 0.15) is 40.7 Å². The SMILES string of the molecule is CCNC(=O)c1cccc(CNC(=NC)NCC2CC(=O)Nc3ccccc32)c1. The fourth-order valence-corrected chi connectivity index (χ4v) is 3.40. The predicted molar refractivity (Wildman–Crippen MR) is 115 cm³/mol. The van der Waals surface area contributed by atoms with Crippen LogP contribution in [-0.4, -0.2) is 37.9 Å². The van der Waals surface area contributed by atoms with Gasteiger partial charge in [0.15, 0.2) is 5.96 Å². The number of hydrogen-bond donors (Lipinski definition) is 4. The first-order valence-corrected chi connectivity index (χ1v) is 9.81. The summed E-state index contributed by atoms with van der Waals surface area (Å²) in [7, 11) is 1.71. The standard InChI is InChI=1S/C22H27N5O2/c1-3-24-21(29)16-8-6-7-15(11-16)13-25-22(23-2)26-14-17-12-20(28)27-19-10-5-4-9-18(17)19/h4-11,17H,3,12-14H2,1-2H3,(H,24,29)(H,27,28)(H2,23,25,26). The number of benzene rings is 2. The van der Waals surface area contributed by atoms with Crippen molar-refractivity contribution in [2.24, 2.45) is 4.99 Å². The minimum absolute atomic E-state index is 0.0283. The van der Waals surface area contributed by atoms with Crippen LogP contribution in [0.5, 0.6) is 0 Å². The Balaban J connectivity index is 1.58. The van der Waals surface area contributed by atoms with Crippen molar-refractivity contribution < 1.29 is 9.59 Å². The van der Waals surface area contributed by atoms with E-state index in [1.807, 2.05) is 49.4 Å². The third-order valence-electron chi connectivity index (χ3n) is 4.83. The van der Waals surface area contributed by atoms with E-state index in [1.165, 1.54) is 0 Å². The van der Waals surface area contributed by atoms with E-state index < -0.39 is 0 Å². The Bertz CT molecular complexity index is 910. The smallest absolute Gasteiger partial charge is 0.251 e. The van der Waals surface area contributed by atoms with E-state index >= 15 is 0 Å². The minimum Gasteiger partial charge on any atom is -0.356 e. The molecule has 2 aromatic rings. The second kappa shape index (κ2) is 9.73. The molecule has 4 N–H and O–H groups in total. The van der Waals surface area contributed by atoms with Crippen molar-refractivity contribution in [3.05, 3.63) is 65.2 Å². The summed E-state index contributed by atoms with van der Waals surface area (Å²) < 4.78 is 0. The normalized spacial score (nSPS) is 15.9. The molecule has 0 aromatic heterocycles. The van der Waals surface area contributed by atoms with Gasteiger partial charge in [-0.15, -0.1) is 0 Å². The molecule has 0 saturated carbocycles. The molecule has 0 bridgehead atoms. The number of aliphatic imine (C=N–C) groups is 1. The third kappa shape index (κ3) is 5.34. The fraction of sp³-hybridized carbons (Fsp3) is 0.318. The Hall–Kier alpha value is -3.35. The molecule has 0 radical (unpaired) electrons. The Kier molecular flexibility index (Phi) is 6.84. The van der Waals surface area contributed by atoms with E-state index in [2.05, 4.69) is 26.3 Å². The van der Waals surface area contributed by atoms with Crippen LogP contribution in [0.4, 0.5) is 5.69 Å². The number of fused-ring (bicyclic) bond motifs is 1. The Morgan fingerprint density at radius 1 is 1.14 bits per heavy atom. The van der Waals surface area contributed by atoms with E-state index in [1.54, 1.807) is 13.1 Å². The molecule has 7 heteroatoms. The lowest BCUT2D eigenvalue weighted by atomic mass is 9.90. The molecule has 152 valence electrons. The third-order valence-corrected chi connectivity index (χ3v) is 4.83. The van der Waals surface area contributed by atoms with Crippen molar-refractivity contribution >= 4 is 23.5 Å². The maximum Gasteiger partial charge on any atom is 0.251 e. The fourth-order valence-electron chi connectivity index (χ4n) is 3.40. The van der Waals surface area contributed by atoms with Gasteiger partial charge in [-0.2, -0.15) is 0 Å². The second-order valence-electron chi connectivity index (χ2n) is 6.90. The van der Waals surface area contributed by atoms with Gasteiger partial charge in [0.25, 0.3) is 5.91 Å². The number of rotatable bonds is 6. The Morgan fingerprint density at radius 3 is 2.76 bits per heavy atom. The molecule has 1 unspecified atom stereocenters. The molecule has 29 heavy (non-hydrogen) atoms. The first kappa shape index (κ1) is 20.4. The predicted octanol–water partition coefficient (Wildman–Crippen LogP) is 2.23. The molecule has 1 atom stereocenters. The van der Waals surface area contributed by atoms with Gasteiger partial charge in [-0.1, -0.05) is 30.3 Å². The van der Waals surface area contributed by atoms with Crippen molar-refractivity contribution in [1.82, 2.24) is 16.0 Å². The van der Waals surface area contributed by atoms with Gasteiger partial charge in [0.1, 0.15) is 0 Å². The van der Waals surface area contributed by atoms with Crippen molar-refractivity contribution in [1.29, 1.82) is 0 Å². The Labute approximate surface area is 171 Å². The highest BCUT2D eigenvalue weighted by Crippen LogP contribution is 2.31. The molecule has 1 aliphatic rings. The van der Waals surface area contributed by atoms with Gasteiger partial charge < -0.3 is 21.3 Å². The van der Waals surface area contributed by atoms with Crippen molar-refractivity contribution in [3.63, 3.8) is 0 Å². The summed E-state index contributed by atoms with van der Waals surface area (Å²) in [4.78, 5) is 28.2. The minimum atomic E-state index is -0.0777. The molecule has 7 nitrogen and oxygen atoms in total. The van der Waals surface area contributed by atoms with Crippen LogP contribution in [0.25, 0.3) is 0 Å².